The first-order valence-corrected chi connectivity index (χ1v) is 13.9. The van der Waals surface area contributed by atoms with Crippen molar-refractivity contribution in [2.45, 2.75) is 75.1 Å². The first-order chi connectivity index (χ1) is 16.6. The van der Waals surface area contributed by atoms with Crippen molar-refractivity contribution in [2.75, 3.05) is 36.9 Å². The molecule has 7 nitrogen and oxygen atoms in total. The summed E-state index contributed by atoms with van der Waals surface area (Å²) in [6, 6.07) is 10.6. The van der Waals surface area contributed by atoms with Gasteiger partial charge in [-0.3, -0.25) is 9.36 Å². The number of hydrogen-bond acceptors (Lipinski definition) is 6. The van der Waals surface area contributed by atoms with Gasteiger partial charge in [0, 0.05) is 31.7 Å². The van der Waals surface area contributed by atoms with Gasteiger partial charge in [0.25, 0.3) is 0 Å². The largest absolute Gasteiger partial charge is 0.376 e. The van der Waals surface area contributed by atoms with Crippen LogP contribution in [0.4, 0.5) is 5.95 Å². The van der Waals surface area contributed by atoms with Gasteiger partial charge in [0.2, 0.25) is 11.9 Å². The van der Waals surface area contributed by atoms with Gasteiger partial charge in [-0.25, -0.2) is 0 Å². The molecule has 1 aliphatic carbocycles. The van der Waals surface area contributed by atoms with Gasteiger partial charge in [-0.05, 0) is 50.0 Å². The van der Waals surface area contributed by atoms with Crippen LogP contribution in [0.2, 0.25) is 0 Å². The molecular formula is C26H37N5O2S. The highest BCUT2D eigenvalue weighted by Gasteiger charge is 2.38. The van der Waals surface area contributed by atoms with E-state index in [-0.39, 0.29) is 17.4 Å². The Labute approximate surface area is 207 Å². The zero-order valence-corrected chi connectivity index (χ0v) is 21.1. The third-order valence-electron chi connectivity index (χ3n) is 7.83. The van der Waals surface area contributed by atoms with Crippen LogP contribution in [0.5, 0.6) is 0 Å². The summed E-state index contributed by atoms with van der Waals surface area (Å²) in [6.45, 7) is 6.64. The predicted octanol–water partition coefficient (Wildman–Crippen LogP) is 4.02. The highest BCUT2D eigenvalue weighted by molar-refractivity contribution is 7.99. The maximum atomic E-state index is 12.8. The van der Waals surface area contributed by atoms with E-state index in [1.165, 1.54) is 36.6 Å². The SMILES string of the molecule is CC1CCN(c2nnc(SCC(=O)NCC3(c4ccccc4)CCC3)n2CC2CCCO2)CC1. The number of amides is 1. The fourth-order valence-corrected chi connectivity index (χ4v) is 6.17. The van der Waals surface area contributed by atoms with Crippen molar-refractivity contribution in [3.05, 3.63) is 35.9 Å². The van der Waals surface area contributed by atoms with Gasteiger partial charge in [0.15, 0.2) is 5.16 Å². The lowest BCUT2D eigenvalue weighted by Gasteiger charge is -2.42. The number of thioether (sulfide) groups is 1. The number of anilines is 1. The Morgan fingerprint density at radius 3 is 2.62 bits per heavy atom. The molecule has 1 N–H and O–H groups in total. The molecule has 2 aromatic rings. The zero-order chi connectivity index (χ0) is 23.4. The highest BCUT2D eigenvalue weighted by Crippen LogP contribution is 2.43. The molecular weight excluding hydrogens is 446 g/mol. The number of hydrogen-bond donors (Lipinski definition) is 1. The second kappa shape index (κ2) is 10.7. The number of nitrogens with one attached hydrogen (secondary N) is 1. The molecule has 1 unspecified atom stereocenters. The predicted molar refractivity (Wildman–Crippen MR) is 135 cm³/mol. The van der Waals surface area contributed by atoms with Gasteiger partial charge >= 0.3 is 0 Å². The molecule has 3 fully saturated rings. The second-order valence-electron chi connectivity index (χ2n) is 10.3. The van der Waals surface area contributed by atoms with Crippen LogP contribution in [0.25, 0.3) is 0 Å². The van der Waals surface area contributed by atoms with Crippen molar-refractivity contribution in [3.63, 3.8) is 0 Å². The van der Waals surface area contributed by atoms with Crippen LogP contribution >= 0.6 is 11.8 Å². The Hall–Kier alpha value is -2.06. The third kappa shape index (κ3) is 5.28. The van der Waals surface area contributed by atoms with Crippen LogP contribution in [-0.2, 0) is 21.5 Å². The van der Waals surface area contributed by atoms with Gasteiger partial charge in [0.05, 0.1) is 18.4 Å². The van der Waals surface area contributed by atoms with Crippen molar-refractivity contribution >= 4 is 23.6 Å². The van der Waals surface area contributed by atoms with E-state index >= 15 is 0 Å². The Bertz CT molecular complexity index is 947. The van der Waals surface area contributed by atoms with Crippen LogP contribution in [0.3, 0.4) is 0 Å². The molecule has 1 saturated carbocycles. The van der Waals surface area contributed by atoms with Crippen molar-refractivity contribution < 1.29 is 9.53 Å². The fourth-order valence-electron chi connectivity index (χ4n) is 5.39. The van der Waals surface area contributed by atoms with Crippen molar-refractivity contribution in [2.24, 2.45) is 5.92 Å². The lowest BCUT2D eigenvalue weighted by molar-refractivity contribution is -0.119. The Morgan fingerprint density at radius 1 is 1.15 bits per heavy atom. The van der Waals surface area contributed by atoms with E-state index in [9.17, 15) is 4.79 Å². The minimum Gasteiger partial charge on any atom is -0.376 e. The molecule has 1 atom stereocenters. The molecule has 0 spiro atoms. The number of carbonyl (C=O) groups excluding carboxylic acids is 1. The molecule has 2 saturated heterocycles. The molecule has 184 valence electrons. The molecule has 0 bridgehead atoms. The number of piperidine rings is 1. The number of ether oxygens (including phenoxy) is 1. The van der Waals surface area contributed by atoms with Crippen LogP contribution < -0.4 is 10.2 Å². The standard InChI is InChI=1S/C26H37N5O2S/c1-20-10-14-30(15-11-20)24-28-29-25(31(24)17-22-9-5-16-33-22)34-18-23(32)27-19-26(12-6-13-26)21-7-3-2-4-8-21/h2-4,7-8,20,22H,5-6,9-19H2,1H3,(H,27,32). The number of rotatable bonds is 9. The van der Waals surface area contributed by atoms with Gasteiger partial charge in [-0.15, -0.1) is 10.2 Å². The molecule has 2 aliphatic heterocycles. The van der Waals surface area contributed by atoms with E-state index in [0.29, 0.717) is 12.3 Å². The van der Waals surface area contributed by atoms with Crippen molar-refractivity contribution in [3.8, 4) is 0 Å². The topological polar surface area (TPSA) is 72.3 Å². The average molecular weight is 484 g/mol. The lowest BCUT2D eigenvalue weighted by atomic mass is 9.64. The first kappa shape index (κ1) is 23.7. The summed E-state index contributed by atoms with van der Waals surface area (Å²) < 4.78 is 8.12. The molecule has 0 radical (unpaired) electrons. The van der Waals surface area contributed by atoms with Gasteiger partial charge in [0.1, 0.15) is 0 Å². The molecule has 34 heavy (non-hydrogen) atoms. The average Bonchev–Trinajstić information content (AvgIpc) is 3.49. The quantitative estimate of drug-likeness (QED) is 0.543. The van der Waals surface area contributed by atoms with Crippen molar-refractivity contribution in [1.29, 1.82) is 0 Å². The maximum Gasteiger partial charge on any atom is 0.230 e. The summed E-state index contributed by atoms with van der Waals surface area (Å²) in [7, 11) is 0. The summed E-state index contributed by atoms with van der Waals surface area (Å²) in [5, 5.41) is 13.1. The van der Waals surface area contributed by atoms with E-state index in [1.54, 1.807) is 0 Å². The van der Waals surface area contributed by atoms with E-state index in [1.807, 2.05) is 0 Å². The zero-order valence-electron chi connectivity index (χ0n) is 20.2. The van der Waals surface area contributed by atoms with E-state index in [4.69, 9.17) is 4.74 Å². The first-order valence-electron chi connectivity index (χ1n) is 12.9. The third-order valence-corrected chi connectivity index (χ3v) is 8.79. The van der Waals surface area contributed by atoms with E-state index in [0.717, 1.165) is 68.9 Å². The van der Waals surface area contributed by atoms with E-state index < -0.39 is 0 Å². The lowest BCUT2D eigenvalue weighted by Crippen LogP contribution is -2.46. The van der Waals surface area contributed by atoms with Crippen LogP contribution in [0, 0.1) is 5.92 Å². The molecule has 3 aliphatic rings. The molecule has 3 heterocycles. The number of aromatic nitrogens is 3. The summed E-state index contributed by atoms with van der Waals surface area (Å²) in [5.74, 6) is 2.11. The Balaban J connectivity index is 1.21. The van der Waals surface area contributed by atoms with Crippen LogP contribution in [0.15, 0.2) is 35.5 Å². The highest BCUT2D eigenvalue weighted by atomic mass is 32.2. The number of benzene rings is 1. The minimum atomic E-state index is 0.0622. The second-order valence-corrected chi connectivity index (χ2v) is 11.2. The Morgan fingerprint density at radius 2 is 1.94 bits per heavy atom. The number of nitrogens with zero attached hydrogens (tertiary/aromatic N) is 4. The monoisotopic (exact) mass is 483 g/mol. The van der Waals surface area contributed by atoms with Gasteiger partial charge < -0.3 is 15.0 Å². The van der Waals surface area contributed by atoms with Gasteiger partial charge in [-0.2, -0.15) is 0 Å². The molecule has 1 aromatic heterocycles. The molecule has 5 rings (SSSR count). The van der Waals surface area contributed by atoms with E-state index in [2.05, 4.69) is 62.2 Å². The molecule has 1 aromatic carbocycles. The fraction of sp³-hybridized carbons (Fsp3) is 0.654. The van der Waals surface area contributed by atoms with Crippen LogP contribution in [0.1, 0.15) is 57.4 Å². The Kier molecular flexibility index (Phi) is 7.44. The summed E-state index contributed by atoms with van der Waals surface area (Å²) in [5.41, 5.74) is 1.44. The maximum absolute atomic E-state index is 12.8. The normalized spacial score (nSPS) is 22.5. The molecule has 1 amide bonds. The van der Waals surface area contributed by atoms with Crippen LogP contribution in [-0.4, -0.2) is 58.8 Å². The van der Waals surface area contributed by atoms with Gasteiger partial charge in [-0.1, -0.05) is 55.4 Å². The smallest absolute Gasteiger partial charge is 0.230 e. The summed E-state index contributed by atoms with van der Waals surface area (Å²) in [4.78, 5) is 15.2. The minimum absolute atomic E-state index is 0.0622. The summed E-state index contributed by atoms with van der Waals surface area (Å²) >= 11 is 1.49. The number of carbonyl (C=O) groups is 1. The van der Waals surface area contributed by atoms with Crippen molar-refractivity contribution in [1.82, 2.24) is 20.1 Å². The summed E-state index contributed by atoms with van der Waals surface area (Å²) in [6.07, 6.45) is 8.25. The molecule has 8 heteroatoms.